The number of hydrogen-bond acceptors (Lipinski definition) is 2. The lowest BCUT2D eigenvalue weighted by molar-refractivity contribution is -0.571. The number of benzene rings is 10. The van der Waals surface area contributed by atoms with E-state index in [0.29, 0.717) is 28.5 Å². The van der Waals surface area contributed by atoms with E-state index in [1.54, 1.807) is 47.0 Å². The molecule has 14 rings (SSSR count). The first-order valence-electron chi connectivity index (χ1n) is 33.5. The molecule has 0 saturated carbocycles. The van der Waals surface area contributed by atoms with Crippen LogP contribution in [-0.4, -0.2) is 18.7 Å². The van der Waals surface area contributed by atoms with Crippen LogP contribution in [-0.2, 0) is 5.41 Å². The number of hydrogen-bond donors (Lipinski definition) is 0. The fourth-order valence-electron chi connectivity index (χ4n) is 10.9. The summed E-state index contributed by atoms with van der Waals surface area (Å²) in [5.74, 6) is 1.52. The highest BCUT2D eigenvalue weighted by atomic mass is 16.5. The van der Waals surface area contributed by atoms with E-state index in [2.05, 4.69) is 84.8 Å². The van der Waals surface area contributed by atoms with Crippen LogP contribution in [0.3, 0.4) is 0 Å². The summed E-state index contributed by atoms with van der Waals surface area (Å²) >= 11 is 0. The number of pyridine rings is 1. The smallest absolute Gasteiger partial charge is 0.269 e. The molecule has 10 aromatic carbocycles. The van der Waals surface area contributed by atoms with Gasteiger partial charge in [0.25, 0.3) is 6.33 Å². The third-order valence-electron chi connectivity index (χ3n) is 14.5. The van der Waals surface area contributed by atoms with Gasteiger partial charge in [-0.15, -0.1) is 0 Å². The van der Waals surface area contributed by atoms with Crippen molar-refractivity contribution in [1.29, 1.82) is 0 Å². The molecule has 374 valence electrons. The minimum atomic E-state index is -2.82. The summed E-state index contributed by atoms with van der Waals surface area (Å²) in [7, 11) is 0. The lowest BCUT2D eigenvalue weighted by atomic mass is 9.88. The first-order valence-corrected chi connectivity index (χ1v) is 25.5. The summed E-state index contributed by atoms with van der Waals surface area (Å²) in [5.41, 5.74) is 4.93. The fourth-order valence-corrected chi connectivity index (χ4v) is 10.9. The van der Waals surface area contributed by atoms with Crippen molar-refractivity contribution in [2.45, 2.75) is 39.9 Å². The summed E-state index contributed by atoms with van der Waals surface area (Å²) in [6.07, 6.45) is 5.28. The molecule has 0 radical (unpaired) electrons. The van der Waals surface area contributed by atoms with Gasteiger partial charge in [0.05, 0.1) is 63.9 Å². The Labute approximate surface area is 476 Å². The van der Waals surface area contributed by atoms with Crippen LogP contribution in [0.2, 0.25) is 0 Å². The van der Waals surface area contributed by atoms with Crippen LogP contribution in [0.4, 0.5) is 0 Å². The fraction of sp³-hybridized carbons (Fsp3) is 0.0833. The van der Waals surface area contributed by atoms with E-state index < -0.39 is 74.1 Å². The lowest BCUT2D eigenvalue weighted by Crippen LogP contribution is -2.31. The molecule has 4 aromatic heterocycles. The molecule has 0 N–H and O–H groups in total. The van der Waals surface area contributed by atoms with Gasteiger partial charge < -0.3 is 9.30 Å². The standard InChI is InChI=1S/C72H55N5O/c1-47-21-18-22-48(2)70(47)51-37-38-64-66(41-51)75(71-55(49-23-8-6-9-24-49)32-20-33-56(71)50-25-10-7-11-26-50)46-74(64)53-27-19-28-54(43-53)78-68-45-65-60(44-67(68)76-61-34-15-12-29-57(61)58-30-13-16-35-62(58)76)59-31-14-17-36-63(59)77(65)69-42-52(39-40-73-69)72(3,4)5/h6-45H,1-5H3/i1D3,2D3,6D,7D,8D,9D,10D,11D,23D,24D,25D,26D. The summed E-state index contributed by atoms with van der Waals surface area (Å²) in [4.78, 5) is 4.97. The third-order valence-corrected chi connectivity index (χ3v) is 14.5. The molecule has 0 aliphatic rings. The second-order valence-corrected chi connectivity index (χ2v) is 20.2. The van der Waals surface area contributed by atoms with Crippen LogP contribution in [0.15, 0.2) is 243 Å². The molecule has 14 aromatic rings. The monoisotopic (exact) mass is 1020 g/mol. The van der Waals surface area contributed by atoms with Crippen molar-refractivity contribution in [2.24, 2.45) is 0 Å². The van der Waals surface area contributed by atoms with Gasteiger partial charge in [0, 0.05) is 42.0 Å². The van der Waals surface area contributed by atoms with Gasteiger partial charge in [-0.1, -0.05) is 190 Å². The molecule has 0 unspecified atom stereocenters. The Bertz CT molecular complexity index is 5290. The van der Waals surface area contributed by atoms with Gasteiger partial charge in [-0.25, -0.2) is 4.98 Å². The minimum Gasteiger partial charge on any atom is -0.456 e. The largest absolute Gasteiger partial charge is 0.456 e. The Kier molecular flexibility index (Phi) is 7.74. The molecule has 0 amide bonds. The molecule has 6 heteroatoms. The van der Waals surface area contributed by atoms with Crippen LogP contribution in [0.5, 0.6) is 11.5 Å². The maximum atomic E-state index is 9.33. The van der Waals surface area contributed by atoms with Crippen LogP contribution in [0.25, 0.3) is 111 Å². The van der Waals surface area contributed by atoms with Crippen molar-refractivity contribution in [1.82, 2.24) is 18.7 Å². The zero-order valence-corrected chi connectivity index (χ0v) is 42.5. The lowest BCUT2D eigenvalue weighted by Gasteiger charge is -2.20. The molecule has 0 aliphatic heterocycles. The maximum Gasteiger partial charge on any atom is 0.269 e. The van der Waals surface area contributed by atoms with Gasteiger partial charge in [-0.05, 0) is 130 Å². The molecule has 0 bridgehead atoms. The molecule has 6 nitrogen and oxygen atoms in total. The van der Waals surface area contributed by atoms with Crippen molar-refractivity contribution in [2.75, 3.05) is 0 Å². The van der Waals surface area contributed by atoms with Gasteiger partial charge in [0.2, 0.25) is 0 Å². The SMILES string of the molecule is [2H]c1c([2H])c([2H])c(-c2cccc(-c3c([2H])c([2H])c([2H])c([2H])c3[2H])c2-[n+]2[c-]n(-c3cccc(Oc4cc5c(cc4-n4c6ccccc6c6ccccc64)c4ccccc4n5-c4cc(C(C)(C)C)ccn4)c3)c3ccc(-c4c(C([2H])([2H])[2H])cccc4C([2H])([2H])[2H])cc32)c([2H])c1[2H]. The highest BCUT2D eigenvalue weighted by molar-refractivity contribution is 6.13. The predicted octanol–water partition coefficient (Wildman–Crippen LogP) is 18.0. The van der Waals surface area contributed by atoms with Gasteiger partial charge in [0.15, 0.2) is 5.75 Å². The average molecular weight is 1020 g/mol. The summed E-state index contributed by atoms with van der Waals surface area (Å²) < 4.78 is 157. The Morgan fingerprint density at radius 3 is 1.77 bits per heavy atom. The van der Waals surface area contributed by atoms with E-state index in [0.717, 1.165) is 54.9 Å². The van der Waals surface area contributed by atoms with Crippen molar-refractivity contribution in [3.63, 3.8) is 0 Å². The molecule has 78 heavy (non-hydrogen) atoms. The number of imidazole rings is 1. The number of ether oxygens (including phenoxy) is 1. The number of fused-ring (bicyclic) bond motifs is 7. The summed E-state index contributed by atoms with van der Waals surface area (Å²) in [6, 6.07) is 46.9. The first-order chi connectivity index (χ1) is 44.7. The topological polar surface area (TPSA) is 40.8 Å². The zero-order chi connectivity index (χ0) is 66.4. The number of para-hydroxylation sites is 4. The van der Waals surface area contributed by atoms with E-state index in [1.165, 1.54) is 41.0 Å². The van der Waals surface area contributed by atoms with Crippen LogP contribution in [0, 0.1) is 20.0 Å². The second-order valence-electron chi connectivity index (χ2n) is 20.2. The Morgan fingerprint density at radius 2 is 1.13 bits per heavy atom. The quantitative estimate of drug-likeness (QED) is 0.107. The summed E-state index contributed by atoms with van der Waals surface area (Å²) in [5, 5.41) is 3.99. The maximum absolute atomic E-state index is 9.33. The number of rotatable bonds is 9. The van der Waals surface area contributed by atoms with E-state index in [-0.39, 0.29) is 61.1 Å². The van der Waals surface area contributed by atoms with Crippen molar-refractivity contribution in [3.8, 4) is 67.8 Å². The number of aryl methyl sites for hydroxylation is 2. The molecule has 0 spiro atoms. The van der Waals surface area contributed by atoms with E-state index in [9.17, 15) is 5.48 Å². The van der Waals surface area contributed by atoms with Crippen LogP contribution in [0.1, 0.15) is 59.4 Å². The predicted molar refractivity (Wildman–Crippen MR) is 321 cm³/mol. The van der Waals surface area contributed by atoms with Crippen molar-refractivity contribution < 1.29 is 31.2 Å². The molecule has 0 fully saturated rings. The molecular formula is C72H55N5O. The Hall–Kier alpha value is -9.78. The summed E-state index contributed by atoms with van der Waals surface area (Å²) in [6.45, 7) is 0.837. The van der Waals surface area contributed by atoms with Crippen molar-refractivity contribution in [3.05, 3.63) is 266 Å². The van der Waals surface area contributed by atoms with Gasteiger partial charge in [0.1, 0.15) is 11.6 Å². The Balaban J connectivity index is 1.06. The van der Waals surface area contributed by atoms with Gasteiger partial charge >= 0.3 is 0 Å². The number of nitrogens with zero attached hydrogens (tertiary/aromatic N) is 5. The number of aromatic nitrogens is 5. The molecule has 4 heterocycles. The van der Waals surface area contributed by atoms with E-state index in [1.807, 2.05) is 54.7 Å². The molecular weight excluding hydrogens is 951 g/mol. The first kappa shape index (κ1) is 32.6. The van der Waals surface area contributed by atoms with Gasteiger partial charge in [-0.2, -0.15) is 0 Å². The highest BCUT2D eigenvalue weighted by Crippen LogP contribution is 2.44. The average Bonchev–Trinajstić information content (AvgIpc) is 1.49. The van der Waals surface area contributed by atoms with Crippen molar-refractivity contribution >= 4 is 54.6 Å². The normalized spacial score (nSPS) is 15.2. The van der Waals surface area contributed by atoms with Gasteiger partial charge in [-0.3, -0.25) is 13.7 Å². The van der Waals surface area contributed by atoms with E-state index in [4.69, 9.17) is 26.2 Å². The molecule has 0 aliphatic carbocycles. The second kappa shape index (κ2) is 18.5. The van der Waals surface area contributed by atoms with E-state index >= 15 is 0 Å². The Morgan fingerprint density at radius 1 is 0.526 bits per heavy atom. The molecule has 0 atom stereocenters. The minimum absolute atomic E-state index is 0.0408. The third kappa shape index (κ3) is 7.78. The highest BCUT2D eigenvalue weighted by Gasteiger charge is 2.25. The van der Waals surface area contributed by atoms with Crippen LogP contribution < -0.4 is 9.30 Å². The van der Waals surface area contributed by atoms with Crippen LogP contribution >= 0.6 is 0 Å². The zero-order valence-electron chi connectivity index (χ0n) is 58.5. The molecule has 0 saturated heterocycles.